The van der Waals surface area contributed by atoms with Crippen LogP contribution < -0.4 is 10.8 Å². The van der Waals surface area contributed by atoms with E-state index in [9.17, 15) is 9.59 Å². The standard InChI is InChI=1S/C10H11BN2O2/c11-7-3-8(5-14)12-9(4-7)13-10(15)6-1-2-6/h3-6H,1-2,11H2,(H,12,13,15). The molecule has 2 rings (SSSR count). The zero-order valence-corrected chi connectivity index (χ0v) is 8.49. The molecule has 0 spiro atoms. The van der Waals surface area contributed by atoms with Gasteiger partial charge in [0.15, 0.2) is 6.29 Å². The molecule has 1 aromatic heterocycles. The number of hydrogen-bond acceptors (Lipinski definition) is 3. The fourth-order valence-corrected chi connectivity index (χ4v) is 1.39. The van der Waals surface area contributed by atoms with E-state index in [1.54, 1.807) is 12.1 Å². The highest BCUT2D eigenvalue weighted by molar-refractivity contribution is 6.32. The second kappa shape index (κ2) is 3.84. The van der Waals surface area contributed by atoms with Gasteiger partial charge in [-0.2, -0.15) is 0 Å². The Labute approximate surface area is 88.5 Å². The second-order valence-corrected chi connectivity index (χ2v) is 3.84. The Bertz CT molecular complexity index is 416. The highest BCUT2D eigenvalue weighted by atomic mass is 16.2. The van der Waals surface area contributed by atoms with Crippen molar-refractivity contribution in [3.05, 3.63) is 17.8 Å². The van der Waals surface area contributed by atoms with Crippen LogP contribution in [0.4, 0.5) is 5.82 Å². The molecule has 0 unspecified atom stereocenters. The summed E-state index contributed by atoms with van der Waals surface area (Å²) in [6.07, 6.45) is 2.59. The second-order valence-electron chi connectivity index (χ2n) is 3.84. The van der Waals surface area contributed by atoms with E-state index in [1.165, 1.54) is 0 Å². The Morgan fingerprint density at radius 3 is 2.87 bits per heavy atom. The van der Waals surface area contributed by atoms with Crippen LogP contribution in [0.3, 0.4) is 0 Å². The van der Waals surface area contributed by atoms with E-state index >= 15 is 0 Å². The molecule has 1 amide bonds. The third kappa shape index (κ3) is 2.43. The van der Waals surface area contributed by atoms with Crippen molar-refractivity contribution in [2.75, 3.05) is 5.32 Å². The molecule has 4 nitrogen and oxygen atoms in total. The molecule has 0 atom stereocenters. The lowest BCUT2D eigenvalue weighted by Crippen LogP contribution is -2.17. The van der Waals surface area contributed by atoms with Gasteiger partial charge in [0.2, 0.25) is 5.91 Å². The Morgan fingerprint density at radius 1 is 1.53 bits per heavy atom. The molecule has 0 radical (unpaired) electrons. The summed E-state index contributed by atoms with van der Waals surface area (Å²) in [6.45, 7) is 0. The van der Waals surface area contributed by atoms with Gasteiger partial charge in [0, 0.05) is 5.92 Å². The summed E-state index contributed by atoms with van der Waals surface area (Å²) in [4.78, 5) is 26.0. The topological polar surface area (TPSA) is 59.1 Å². The Balaban J connectivity index is 2.15. The van der Waals surface area contributed by atoms with E-state index in [4.69, 9.17) is 0 Å². The largest absolute Gasteiger partial charge is 0.310 e. The molecular formula is C10H11BN2O2. The molecular weight excluding hydrogens is 191 g/mol. The van der Waals surface area contributed by atoms with E-state index in [2.05, 4.69) is 10.3 Å². The maximum absolute atomic E-state index is 11.4. The monoisotopic (exact) mass is 202 g/mol. The molecule has 1 aliphatic carbocycles. The maximum atomic E-state index is 11.4. The lowest BCUT2D eigenvalue weighted by atomic mass is 9.96. The average molecular weight is 202 g/mol. The zero-order chi connectivity index (χ0) is 10.8. The Morgan fingerprint density at radius 2 is 2.27 bits per heavy atom. The number of aldehydes is 1. The summed E-state index contributed by atoms with van der Waals surface area (Å²) in [5.41, 5.74) is 1.26. The number of hydrogen-bond donors (Lipinski definition) is 1. The van der Waals surface area contributed by atoms with Crippen LogP contribution in [0.15, 0.2) is 12.1 Å². The highest BCUT2D eigenvalue weighted by Gasteiger charge is 2.29. The van der Waals surface area contributed by atoms with Crippen LogP contribution in [0.25, 0.3) is 0 Å². The van der Waals surface area contributed by atoms with Crippen LogP contribution in [-0.2, 0) is 4.79 Å². The fourth-order valence-electron chi connectivity index (χ4n) is 1.39. The van der Waals surface area contributed by atoms with Crippen LogP contribution in [0.1, 0.15) is 23.3 Å². The summed E-state index contributed by atoms with van der Waals surface area (Å²) in [7, 11) is 1.86. The molecule has 76 valence electrons. The summed E-state index contributed by atoms with van der Waals surface area (Å²) in [6, 6.07) is 3.44. The highest BCUT2D eigenvalue weighted by Crippen LogP contribution is 2.29. The first-order valence-corrected chi connectivity index (χ1v) is 4.94. The number of amides is 1. The number of carbonyl (C=O) groups excluding carboxylic acids is 2. The van der Waals surface area contributed by atoms with E-state index in [-0.39, 0.29) is 11.8 Å². The lowest BCUT2D eigenvalue weighted by molar-refractivity contribution is -0.117. The predicted molar refractivity (Wildman–Crippen MR) is 59.2 cm³/mol. The normalized spacial score (nSPS) is 14.7. The number of anilines is 1. The van der Waals surface area contributed by atoms with Crippen molar-refractivity contribution in [2.24, 2.45) is 5.92 Å². The minimum absolute atomic E-state index is 0.00458. The predicted octanol–water partition coefficient (Wildman–Crippen LogP) is -0.499. The molecule has 15 heavy (non-hydrogen) atoms. The van der Waals surface area contributed by atoms with Gasteiger partial charge in [-0.25, -0.2) is 4.98 Å². The molecule has 1 fully saturated rings. The molecule has 5 heteroatoms. The van der Waals surface area contributed by atoms with Gasteiger partial charge in [-0.1, -0.05) is 5.46 Å². The summed E-state index contributed by atoms with van der Waals surface area (Å²) in [5, 5.41) is 2.71. The molecule has 1 saturated carbocycles. The minimum atomic E-state index is 0.00458. The first-order chi connectivity index (χ1) is 7.19. The van der Waals surface area contributed by atoms with Crippen molar-refractivity contribution in [2.45, 2.75) is 12.8 Å². The average Bonchev–Trinajstić information content (AvgIpc) is 2.99. The van der Waals surface area contributed by atoms with Crippen LogP contribution in [-0.4, -0.2) is 25.0 Å². The van der Waals surface area contributed by atoms with Gasteiger partial charge in [0.25, 0.3) is 0 Å². The molecule has 1 aromatic rings. The molecule has 0 bridgehead atoms. The lowest BCUT2D eigenvalue weighted by Gasteiger charge is -2.04. The SMILES string of the molecule is Bc1cc(C=O)nc(NC(=O)C2CC2)c1. The number of nitrogens with one attached hydrogen (secondary N) is 1. The van der Waals surface area contributed by atoms with Crippen LogP contribution in [0.2, 0.25) is 0 Å². The van der Waals surface area contributed by atoms with Crippen LogP contribution >= 0.6 is 0 Å². The van der Waals surface area contributed by atoms with Gasteiger partial charge in [0.05, 0.1) is 0 Å². The third-order valence-electron chi connectivity index (χ3n) is 2.31. The van der Waals surface area contributed by atoms with Crippen LogP contribution in [0.5, 0.6) is 0 Å². The number of aromatic nitrogens is 1. The number of carbonyl (C=O) groups is 2. The molecule has 0 aromatic carbocycles. The van der Waals surface area contributed by atoms with Gasteiger partial charge >= 0.3 is 0 Å². The van der Waals surface area contributed by atoms with Crippen molar-refractivity contribution < 1.29 is 9.59 Å². The fraction of sp³-hybridized carbons (Fsp3) is 0.300. The number of rotatable bonds is 3. The van der Waals surface area contributed by atoms with E-state index in [0.717, 1.165) is 18.3 Å². The van der Waals surface area contributed by atoms with Crippen LogP contribution in [0, 0.1) is 5.92 Å². The summed E-state index contributed by atoms with van der Waals surface area (Å²) < 4.78 is 0. The van der Waals surface area contributed by atoms with E-state index in [0.29, 0.717) is 17.8 Å². The summed E-state index contributed by atoms with van der Waals surface area (Å²) in [5.74, 6) is 0.617. The van der Waals surface area contributed by atoms with Crippen molar-refractivity contribution in [1.82, 2.24) is 4.98 Å². The molecule has 1 N–H and O–H groups in total. The van der Waals surface area contributed by atoms with Gasteiger partial charge < -0.3 is 5.32 Å². The number of nitrogens with zero attached hydrogens (tertiary/aromatic N) is 1. The van der Waals surface area contributed by atoms with Crippen molar-refractivity contribution >= 4 is 31.3 Å². The molecule has 1 heterocycles. The molecule has 0 aliphatic heterocycles. The van der Waals surface area contributed by atoms with Crippen molar-refractivity contribution in [3.63, 3.8) is 0 Å². The van der Waals surface area contributed by atoms with Gasteiger partial charge in [-0.15, -0.1) is 0 Å². The minimum Gasteiger partial charge on any atom is -0.310 e. The first-order valence-electron chi connectivity index (χ1n) is 4.94. The maximum Gasteiger partial charge on any atom is 0.228 e. The molecule has 0 saturated heterocycles. The number of pyridine rings is 1. The third-order valence-corrected chi connectivity index (χ3v) is 2.31. The first kappa shape index (κ1) is 9.89. The summed E-state index contributed by atoms with van der Waals surface area (Å²) >= 11 is 0. The zero-order valence-electron chi connectivity index (χ0n) is 8.49. The Hall–Kier alpha value is -1.65. The van der Waals surface area contributed by atoms with E-state index < -0.39 is 0 Å². The van der Waals surface area contributed by atoms with E-state index in [1.807, 2.05) is 7.85 Å². The van der Waals surface area contributed by atoms with Gasteiger partial charge in [-0.3, -0.25) is 9.59 Å². The smallest absolute Gasteiger partial charge is 0.228 e. The Kier molecular flexibility index (Phi) is 2.54. The van der Waals surface area contributed by atoms with Crippen molar-refractivity contribution in [3.8, 4) is 0 Å². The quantitative estimate of drug-likeness (QED) is 0.531. The van der Waals surface area contributed by atoms with Crippen molar-refractivity contribution in [1.29, 1.82) is 0 Å². The van der Waals surface area contributed by atoms with Gasteiger partial charge in [-0.05, 0) is 25.0 Å². The van der Waals surface area contributed by atoms with Gasteiger partial charge in [0.1, 0.15) is 19.4 Å². The molecule has 1 aliphatic rings.